The molecule has 0 aromatic carbocycles. The van der Waals surface area contributed by atoms with Crippen molar-refractivity contribution in [1.29, 1.82) is 0 Å². The van der Waals surface area contributed by atoms with Crippen molar-refractivity contribution in [3.05, 3.63) is 34.0 Å². The van der Waals surface area contributed by atoms with Gasteiger partial charge in [0.25, 0.3) is 5.91 Å². The highest BCUT2D eigenvalue weighted by Crippen LogP contribution is 2.20. The maximum absolute atomic E-state index is 12.1. The number of nitrogens with one attached hydrogen (secondary N) is 1. The summed E-state index contributed by atoms with van der Waals surface area (Å²) in [5, 5.41) is 10.4. The average Bonchev–Trinajstić information content (AvgIpc) is 3.05. The standard InChI is InChI=1S/C13H14N6OS/c1-7-9-3-8(5-15-12(9)19(2)18-7)16-13(20)10-6-21-11(4-14)17-10/h3,5-6H,4,14H2,1-2H3,(H,16,20). The first-order valence-corrected chi connectivity index (χ1v) is 7.21. The normalized spacial score (nSPS) is 11.0. The molecule has 0 spiro atoms. The van der Waals surface area contributed by atoms with Crippen LogP contribution in [0.5, 0.6) is 0 Å². The Hall–Kier alpha value is -2.32. The molecule has 0 saturated carbocycles. The van der Waals surface area contributed by atoms with E-state index in [0.29, 0.717) is 17.9 Å². The van der Waals surface area contributed by atoms with Gasteiger partial charge in [0.1, 0.15) is 10.7 Å². The molecule has 0 atom stereocenters. The van der Waals surface area contributed by atoms with E-state index < -0.39 is 0 Å². The molecule has 8 heteroatoms. The number of hydrogen-bond donors (Lipinski definition) is 2. The van der Waals surface area contributed by atoms with Crippen LogP contribution in [0.15, 0.2) is 17.6 Å². The number of aromatic nitrogens is 4. The first kappa shape index (κ1) is 13.7. The van der Waals surface area contributed by atoms with Crippen LogP contribution in [-0.4, -0.2) is 25.7 Å². The molecule has 3 aromatic heterocycles. The molecule has 0 fully saturated rings. The Balaban J connectivity index is 1.87. The molecule has 0 unspecified atom stereocenters. The van der Waals surface area contributed by atoms with E-state index in [0.717, 1.165) is 21.7 Å². The molecule has 1 amide bonds. The molecule has 108 valence electrons. The van der Waals surface area contributed by atoms with Gasteiger partial charge in [0.2, 0.25) is 0 Å². The molecular weight excluding hydrogens is 288 g/mol. The van der Waals surface area contributed by atoms with Gasteiger partial charge in [0.05, 0.1) is 17.6 Å². The molecule has 3 N–H and O–H groups in total. The third-order valence-corrected chi connectivity index (χ3v) is 3.95. The van der Waals surface area contributed by atoms with Crippen molar-refractivity contribution < 1.29 is 4.79 Å². The van der Waals surface area contributed by atoms with E-state index in [2.05, 4.69) is 20.4 Å². The molecule has 7 nitrogen and oxygen atoms in total. The SMILES string of the molecule is Cc1nn(C)c2ncc(NC(=O)c3csc(CN)n3)cc12. The molecule has 0 bridgehead atoms. The number of nitrogens with two attached hydrogens (primary N) is 1. The van der Waals surface area contributed by atoms with Gasteiger partial charge in [0.15, 0.2) is 5.65 Å². The van der Waals surface area contributed by atoms with Crippen LogP contribution in [0.4, 0.5) is 5.69 Å². The van der Waals surface area contributed by atoms with Crippen molar-refractivity contribution in [3.63, 3.8) is 0 Å². The number of carbonyl (C=O) groups is 1. The van der Waals surface area contributed by atoms with E-state index >= 15 is 0 Å². The smallest absolute Gasteiger partial charge is 0.275 e. The fraction of sp³-hybridized carbons (Fsp3) is 0.231. The quantitative estimate of drug-likeness (QED) is 0.763. The first-order valence-electron chi connectivity index (χ1n) is 6.33. The maximum atomic E-state index is 12.1. The first-order chi connectivity index (χ1) is 10.1. The molecule has 0 radical (unpaired) electrons. The Morgan fingerprint density at radius 2 is 2.33 bits per heavy atom. The van der Waals surface area contributed by atoms with Gasteiger partial charge in [-0.2, -0.15) is 5.10 Å². The average molecular weight is 302 g/mol. The molecule has 3 heterocycles. The van der Waals surface area contributed by atoms with Gasteiger partial charge in [-0.05, 0) is 13.0 Å². The summed E-state index contributed by atoms with van der Waals surface area (Å²) in [5.41, 5.74) is 8.13. The van der Waals surface area contributed by atoms with Gasteiger partial charge in [-0.15, -0.1) is 11.3 Å². The molecule has 3 aromatic rings. The number of amides is 1. The summed E-state index contributed by atoms with van der Waals surface area (Å²) in [7, 11) is 1.84. The molecule has 0 aliphatic carbocycles. The summed E-state index contributed by atoms with van der Waals surface area (Å²) in [6.45, 7) is 2.24. The lowest BCUT2D eigenvalue weighted by molar-refractivity contribution is 0.102. The number of anilines is 1. The lowest BCUT2D eigenvalue weighted by Gasteiger charge is -2.03. The second-order valence-electron chi connectivity index (χ2n) is 4.59. The zero-order valence-electron chi connectivity index (χ0n) is 11.6. The third kappa shape index (κ3) is 2.50. The van der Waals surface area contributed by atoms with Crippen LogP contribution in [0.2, 0.25) is 0 Å². The van der Waals surface area contributed by atoms with Crippen LogP contribution in [0.3, 0.4) is 0 Å². The van der Waals surface area contributed by atoms with Gasteiger partial charge in [0, 0.05) is 24.4 Å². The fourth-order valence-corrected chi connectivity index (χ4v) is 2.74. The van der Waals surface area contributed by atoms with Crippen molar-refractivity contribution >= 4 is 34.0 Å². The summed E-state index contributed by atoms with van der Waals surface area (Å²) < 4.78 is 1.71. The Morgan fingerprint density at radius 1 is 1.52 bits per heavy atom. The third-order valence-electron chi connectivity index (χ3n) is 3.08. The number of fused-ring (bicyclic) bond motifs is 1. The molecule has 0 saturated heterocycles. The van der Waals surface area contributed by atoms with Gasteiger partial charge in [-0.1, -0.05) is 0 Å². The van der Waals surface area contributed by atoms with Crippen LogP contribution in [0.25, 0.3) is 11.0 Å². The van der Waals surface area contributed by atoms with Crippen LogP contribution in [0.1, 0.15) is 21.2 Å². The number of aryl methyl sites for hydroxylation is 2. The molecule has 0 aliphatic heterocycles. The minimum absolute atomic E-state index is 0.270. The van der Waals surface area contributed by atoms with Gasteiger partial charge in [-0.25, -0.2) is 9.97 Å². The highest BCUT2D eigenvalue weighted by Gasteiger charge is 2.12. The van der Waals surface area contributed by atoms with Crippen molar-refractivity contribution in [2.24, 2.45) is 12.8 Å². The van der Waals surface area contributed by atoms with E-state index in [1.807, 2.05) is 20.0 Å². The van der Waals surface area contributed by atoms with Gasteiger partial charge >= 0.3 is 0 Å². The lowest BCUT2D eigenvalue weighted by Crippen LogP contribution is -2.13. The van der Waals surface area contributed by atoms with Crippen molar-refractivity contribution in [2.45, 2.75) is 13.5 Å². The van der Waals surface area contributed by atoms with Crippen LogP contribution in [0, 0.1) is 6.92 Å². The van der Waals surface area contributed by atoms with Crippen molar-refractivity contribution in [1.82, 2.24) is 19.7 Å². The monoisotopic (exact) mass is 302 g/mol. The number of rotatable bonds is 3. The molecular formula is C13H14N6OS. The zero-order valence-corrected chi connectivity index (χ0v) is 12.4. The number of pyridine rings is 1. The predicted octanol–water partition coefficient (Wildman–Crippen LogP) is 1.44. The highest BCUT2D eigenvalue weighted by atomic mass is 32.1. The Kier molecular flexibility index (Phi) is 3.40. The highest BCUT2D eigenvalue weighted by molar-refractivity contribution is 7.09. The van der Waals surface area contributed by atoms with E-state index in [9.17, 15) is 4.79 Å². The Labute approximate surface area is 124 Å². The van der Waals surface area contributed by atoms with Crippen LogP contribution < -0.4 is 11.1 Å². The van der Waals surface area contributed by atoms with E-state index in [1.165, 1.54) is 11.3 Å². The summed E-state index contributed by atoms with van der Waals surface area (Å²) >= 11 is 1.37. The van der Waals surface area contributed by atoms with Crippen molar-refractivity contribution in [2.75, 3.05) is 5.32 Å². The van der Waals surface area contributed by atoms with Crippen molar-refractivity contribution in [3.8, 4) is 0 Å². The van der Waals surface area contributed by atoms with Gasteiger partial charge < -0.3 is 11.1 Å². The van der Waals surface area contributed by atoms with Gasteiger partial charge in [-0.3, -0.25) is 9.48 Å². The minimum atomic E-state index is -0.270. The minimum Gasteiger partial charge on any atom is -0.325 e. The number of nitrogens with zero attached hydrogens (tertiary/aromatic N) is 4. The zero-order chi connectivity index (χ0) is 15.0. The summed E-state index contributed by atoms with van der Waals surface area (Å²) in [4.78, 5) is 20.6. The van der Waals surface area contributed by atoms with E-state index in [4.69, 9.17) is 5.73 Å². The lowest BCUT2D eigenvalue weighted by atomic mass is 10.2. The molecule has 3 rings (SSSR count). The fourth-order valence-electron chi connectivity index (χ4n) is 2.08. The Morgan fingerprint density at radius 3 is 3.05 bits per heavy atom. The second-order valence-corrected chi connectivity index (χ2v) is 5.53. The molecule has 21 heavy (non-hydrogen) atoms. The maximum Gasteiger partial charge on any atom is 0.275 e. The summed E-state index contributed by atoms with van der Waals surface area (Å²) in [5.74, 6) is -0.270. The number of carbonyl (C=O) groups excluding carboxylic acids is 1. The van der Waals surface area contributed by atoms with E-state index in [1.54, 1.807) is 16.3 Å². The van der Waals surface area contributed by atoms with Crippen LogP contribution in [-0.2, 0) is 13.6 Å². The Bertz CT molecular complexity index is 821. The molecule has 0 aliphatic rings. The van der Waals surface area contributed by atoms with E-state index in [-0.39, 0.29) is 5.91 Å². The predicted molar refractivity (Wildman–Crippen MR) is 81.2 cm³/mol. The number of hydrogen-bond acceptors (Lipinski definition) is 6. The topological polar surface area (TPSA) is 98.7 Å². The largest absolute Gasteiger partial charge is 0.325 e. The summed E-state index contributed by atoms with van der Waals surface area (Å²) in [6.07, 6.45) is 1.61. The second kappa shape index (κ2) is 5.23. The number of thiazole rings is 1. The summed E-state index contributed by atoms with van der Waals surface area (Å²) in [6, 6.07) is 1.86. The van der Waals surface area contributed by atoms with Crippen LogP contribution >= 0.6 is 11.3 Å².